The van der Waals surface area contributed by atoms with E-state index in [1.807, 2.05) is 7.11 Å². The Balaban J connectivity index is 1.75. The van der Waals surface area contributed by atoms with Gasteiger partial charge in [0.15, 0.2) is 0 Å². The minimum Gasteiger partial charge on any atom is -0.381 e. The molecule has 2 fully saturated rings. The number of ether oxygens (including phenoxy) is 1. The van der Waals surface area contributed by atoms with Gasteiger partial charge in [0.2, 0.25) is 0 Å². The summed E-state index contributed by atoms with van der Waals surface area (Å²) < 4.78 is 5.43. The zero-order valence-corrected chi connectivity index (χ0v) is 11.7. The van der Waals surface area contributed by atoms with Crippen LogP contribution in [0.15, 0.2) is 0 Å². The second kappa shape index (κ2) is 5.69. The van der Waals surface area contributed by atoms with Crippen molar-refractivity contribution >= 4 is 19.2 Å². The van der Waals surface area contributed by atoms with Gasteiger partial charge in [0, 0.05) is 7.11 Å². The van der Waals surface area contributed by atoms with Crippen molar-refractivity contribution in [1.82, 2.24) is 0 Å². The average Bonchev–Trinajstić information content (AvgIpc) is 2.30. The summed E-state index contributed by atoms with van der Waals surface area (Å²) in [7, 11) is 1.10. The van der Waals surface area contributed by atoms with Gasteiger partial charge in [-0.15, -0.1) is 0 Å². The Hall–Kier alpha value is 0.467. The summed E-state index contributed by atoms with van der Waals surface area (Å²) in [4.78, 5) is 0. The van der Waals surface area contributed by atoms with Crippen molar-refractivity contribution in [2.45, 2.75) is 56.7 Å². The molecule has 88 valence electrons. The number of hydrogen-bond donors (Lipinski definition) is 0. The Kier molecular flexibility index (Phi) is 4.53. The zero-order chi connectivity index (χ0) is 10.7. The molecule has 2 rings (SSSR count). The van der Waals surface area contributed by atoms with E-state index in [2.05, 4.69) is 0 Å². The van der Waals surface area contributed by atoms with Gasteiger partial charge in [-0.2, -0.15) is 11.1 Å². The summed E-state index contributed by atoms with van der Waals surface area (Å²) in [6.07, 6.45) is 8.81. The van der Waals surface area contributed by atoms with Gasteiger partial charge in [0.25, 0.3) is 0 Å². The van der Waals surface area contributed by atoms with Crippen LogP contribution >= 0.6 is 11.1 Å². The smallest absolute Gasteiger partial charge is 0.141 e. The molecule has 0 N–H and O–H groups in total. The molecule has 0 bridgehead atoms. The molecule has 0 radical (unpaired) electrons. The molecule has 0 aromatic heterocycles. The Morgan fingerprint density at radius 1 is 0.933 bits per heavy atom. The number of halogens is 1. The lowest BCUT2D eigenvalue weighted by molar-refractivity contribution is 0.0449. The number of rotatable bonds is 2. The lowest BCUT2D eigenvalue weighted by atomic mass is 9.76. The predicted octanol–water partition coefficient (Wildman–Crippen LogP) is 3.56. The monoisotopic (exact) mass is 246 g/mol. The highest BCUT2D eigenvalue weighted by molar-refractivity contribution is 7.07. The van der Waals surface area contributed by atoms with E-state index in [-0.39, 0.29) is 0 Å². The van der Waals surface area contributed by atoms with Crippen LogP contribution in [-0.4, -0.2) is 21.3 Å². The van der Waals surface area contributed by atoms with Crippen molar-refractivity contribution in [2.24, 2.45) is 11.8 Å². The third-order valence-electron chi connectivity index (χ3n) is 4.42. The maximum atomic E-state index is 6.29. The van der Waals surface area contributed by atoms with Gasteiger partial charge in [-0.05, 0) is 49.6 Å². The van der Waals surface area contributed by atoms with Gasteiger partial charge in [-0.3, -0.25) is 0 Å². The van der Waals surface area contributed by atoms with E-state index in [0.29, 0.717) is 6.10 Å². The lowest BCUT2D eigenvalue weighted by Crippen LogP contribution is -2.28. The third kappa shape index (κ3) is 3.21. The number of methoxy groups -OCH3 is 1. The molecular formula is C12H23ClOSi. The van der Waals surface area contributed by atoms with E-state index in [1.54, 1.807) is 0 Å². The summed E-state index contributed by atoms with van der Waals surface area (Å²) in [5.41, 5.74) is 0. The molecule has 0 spiro atoms. The highest BCUT2D eigenvalue weighted by Crippen LogP contribution is 2.39. The first-order valence-electron chi connectivity index (χ1n) is 6.46. The van der Waals surface area contributed by atoms with E-state index in [9.17, 15) is 0 Å². The first kappa shape index (κ1) is 11.9. The second-order valence-electron chi connectivity index (χ2n) is 5.28. The molecule has 0 amide bonds. The summed E-state index contributed by atoms with van der Waals surface area (Å²) >= 11 is 6.29. The highest BCUT2D eigenvalue weighted by atomic mass is 35.6. The molecule has 1 saturated carbocycles. The lowest BCUT2D eigenvalue weighted by Gasteiger charge is -2.36. The minimum absolute atomic E-state index is 0.556. The molecule has 2 aliphatic rings. The molecule has 1 aliphatic heterocycles. The van der Waals surface area contributed by atoms with Gasteiger partial charge in [0.05, 0.1) is 6.10 Å². The second-order valence-corrected chi connectivity index (χ2v) is 9.49. The van der Waals surface area contributed by atoms with Gasteiger partial charge < -0.3 is 4.74 Å². The first-order valence-corrected chi connectivity index (χ1v) is 9.84. The molecule has 3 heteroatoms. The Morgan fingerprint density at radius 2 is 1.47 bits per heavy atom. The quantitative estimate of drug-likeness (QED) is 0.535. The average molecular weight is 247 g/mol. The van der Waals surface area contributed by atoms with Crippen molar-refractivity contribution < 1.29 is 4.74 Å². The zero-order valence-electron chi connectivity index (χ0n) is 9.75. The van der Waals surface area contributed by atoms with E-state index < -0.39 is 8.11 Å². The molecule has 0 aromatic carbocycles. The van der Waals surface area contributed by atoms with E-state index in [0.717, 1.165) is 11.8 Å². The van der Waals surface area contributed by atoms with Crippen molar-refractivity contribution in [2.75, 3.05) is 7.11 Å². The fourth-order valence-corrected chi connectivity index (χ4v) is 5.97. The standard InChI is InChI=1S/C12H23ClOSi/c1-14-12-4-2-10(3-5-12)11-6-8-15(13)9-7-11/h10-12,15H,2-9H2,1H3/t10-,11?,12-,15?. The summed E-state index contributed by atoms with van der Waals surface area (Å²) in [5, 5.41) is 0. The largest absolute Gasteiger partial charge is 0.381 e. The van der Waals surface area contributed by atoms with Crippen LogP contribution in [0.1, 0.15) is 38.5 Å². The van der Waals surface area contributed by atoms with E-state index in [4.69, 9.17) is 15.8 Å². The first-order chi connectivity index (χ1) is 7.29. The predicted molar refractivity (Wildman–Crippen MR) is 68.1 cm³/mol. The topological polar surface area (TPSA) is 9.23 Å². The molecule has 1 nitrogen and oxygen atoms in total. The molecule has 1 heterocycles. The fourth-order valence-electron chi connectivity index (χ4n) is 3.35. The van der Waals surface area contributed by atoms with Gasteiger partial charge in [-0.1, -0.05) is 12.8 Å². The summed E-state index contributed by atoms with van der Waals surface area (Å²) in [5.74, 6) is 2.00. The van der Waals surface area contributed by atoms with Crippen molar-refractivity contribution in [3.05, 3.63) is 0 Å². The SMILES string of the molecule is CO[C@H]1CC[C@H](C2CC[SiH](Cl)CC2)CC1. The molecule has 15 heavy (non-hydrogen) atoms. The van der Waals surface area contributed by atoms with Crippen LogP contribution < -0.4 is 0 Å². The molecular weight excluding hydrogens is 224 g/mol. The van der Waals surface area contributed by atoms with Gasteiger partial charge in [0.1, 0.15) is 8.11 Å². The van der Waals surface area contributed by atoms with Crippen molar-refractivity contribution in [3.63, 3.8) is 0 Å². The van der Waals surface area contributed by atoms with Crippen LogP contribution in [0.25, 0.3) is 0 Å². The molecule has 0 atom stereocenters. The molecule has 1 saturated heterocycles. The van der Waals surface area contributed by atoms with Crippen molar-refractivity contribution in [3.8, 4) is 0 Å². The van der Waals surface area contributed by atoms with Gasteiger partial charge in [-0.25, -0.2) is 0 Å². The van der Waals surface area contributed by atoms with Crippen LogP contribution in [0.4, 0.5) is 0 Å². The maximum absolute atomic E-state index is 6.29. The summed E-state index contributed by atoms with van der Waals surface area (Å²) in [6, 6.07) is 2.77. The van der Waals surface area contributed by atoms with Crippen LogP contribution in [0.5, 0.6) is 0 Å². The fraction of sp³-hybridized carbons (Fsp3) is 1.00. The van der Waals surface area contributed by atoms with E-state index >= 15 is 0 Å². The van der Waals surface area contributed by atoms with Crippen LogP contribution in [0.3, 0.4) is 0 Å². The van der Waals surface area contributed by atoms with Crippen LogP contribution in [0.2, 0.25) is 12.1 Å². The normalized spacial score (nSPS) is 42.8. The van der Waals surface area contributed by atoms with Crippen molar-refractivity contribution in [1.29, 1.82) is 0 Å². The maximum Gasteiger partial charge on any atom is 0.141 e. The molecule has 0 aromatic rings. The summed E-state index contributed by atoms with van der Waals surface area (Å²) in [6.45, 7) is 0. The van der Waals surface area contributed by atoms with Crippen LogP contribution in [0, 0.1) is 11.8 Å². The Bertz CT molecular complexity index is 184. The Labute approximate surface area is 99.8 Å². The Morgan fingerprint density at radius 3 is 2.00 bits per heavy atom. The highest BCUT2D eigenvalue weighted by Gasteiger charge is 2.30. The van der Waals surface area contributed by atoms with Crippen LogP contribution in [-0.2, 0) is 4.74 Å². The van der Waals surface area contributed by atoms with Gasteiger partial charge >= 0.3 is 0 Å². The number of hydrogen-bond acceptors (Lipinski definition) is 1. The minimum atomic E-state index is -0.758. The third-order valence-corrected chi connectivity index (χ3v) is 7.65. The molecule has 0 unspecified atom stereocenters. The molecule has 1 aliphatic carbocycles. The van der Waals surface area contributed by atoms with E-state index in [1.165, 1.54) is 50.6 Å².